The molecule has 11 rings (SSSR count). The summed E-state index contributed by atoms with van der Waals surface area (Å²) in [5.74, 6) is 0.805. The Labute approximate surface area is 262 Å². The van der Waals surface area contributed by atoms with E-state index >= 15 is 0 Å². The highest BCUT2D eigenvalue weighted by molar-refractivity contribution is 6.30. The predicted octanol–water partition coefficient (Wildman–Crippen LogP) is 11.1. The molecule has 0 radical (unpaired) electrons. The van der Waals surface area contributed by atoms with E-state index in [0.717, 1.165) is 61.1 Å². The molecule has 7 aromatic carbocycles. The first-order valence-corrected chi connectivity index (χ1v) is 15.6. The second-order valence-corrected chi connectivity index (χ2v) is 12.1. The van der Waals surface area contributed by atoms with Crippen molar-refractivity contribution in [1.29, 1.82) is 0 Å². The molecule has 0 fully saturated rings. The van der Waals surface area contributed by atoms with Crippen molar-refractivity contribution in [3.05, 3.63) is 140 Å². The van der Waals surface area contributed by atoms with E-state index in [1.165, 1.54) is 43.8 Å². The molecular formula is C42H23N3O. The van der Waals surface area contributed by atoms with Gasteiger partial charge in [-0.1, -0.05) is 103 Å². The van der Waals surface area contributed by atoms with Gasteiger partial charge in [0.1, 0.15) is 16.9 Å². The van der Waals surface area contributed by atoms with Gasteiger partial charge in [-0.25, -0.2) is 9.97 Å². The number of hydrogen-bond acceptors (Lipinski definition) is 3. The van der Waals surface area contributed by atoms with Gasteiger partial charge >= 0.3 is 0 Å². The van der Waals surface area contributed by atoms with Gasteiger partial charge in [0, 0.05) is 27.1 Å². The van der Waals surface area contributed by atoms with Crippen LogP contribution in [0, 0.1) is 0 Å². The summed E-state index contributed by atoms with van der Waals surface area (Å²) in [5.41, 5.74) is 12.5. The van der Waals surface area contributed by atoms with Gasteiger partial charge in [0.25, 0.3) is 0 Å². The molecule has 4 nitrogen and oxygen atoms in total. The first-order chi connectivity index (χ1) is 22.8. The normalized spacial score (nSPS) is 12.3. The minimum atomic E-state index is 0.805. The maximum absolute atomic E-state index is 6.34. The molecule has 3 heterocycles. The van der Waals surface area contributed by atoms with Gasteiger partial charge in [0.15, 0.2) is 5.82 Å². The first-order valence-electron chi connectivity index (χ1n) is 15.6. The number of fused-ring (bicyclic) bond motifs is 7. The Morgan fingerprint density at radius 1 is 0.413 bits per heavy atom. The summed E-state index contributed by atoms with van der Waals surface area (Å²) < 4.78 is 8.68. The van der Waals surface area contributed by atoms with Crippen LogP contribution in [-0.2, 0) is 0 Å². The molecule has 0 bridgehead atoms. The topological polar surface area (TPSA) is 43.9 Å². The highest BCUT2D eigenvalue weighted by Crippen LogP contribution is 2.50. The largest absolute Gasteiger partial charge is 0.456 e. The Bertz CT molecular complexity index is 2930. The maximum atomic E-state index is 6.34. The van der Waals surface area contributed by atoms with E-state index in [4.69, 9.17) is 14.4 Å². The van der Waals surface area contributed by atoms with Gasteiger partial charge in [-0.05, 0) is 69.4 Å². The van der Waals surface area contributed by atoms with Crippen LogP contribution in [-0.4, -0.2) is 14.5 Å². The van der Waals surface area contributed by atoms with Crippen molar-refractivity contribution in [3.63, 3.8) is 0 Å². The fourth-order valence-corrected chi connectivity index (χ4v) is 7.86. The monoisotopic (exact) mass is 585 g/mol. The number of para-hydroxylation sites is 3. The molecule has 0 atom stereocenters. The second-order valence-electron chi connectivity index (χ2n) is 12.1. The molecule has 0 saturated carbocycles. The van der Waals surface area contributed by atoms with Gasteiger partial charge in [0.05, 0.1) is 22.1 Å². The molecule has 3 aromatic heterocycles. The average molecular weight is 586 g/mol. The Balaban J connectivity index is 1.36. The molecule has 212 valence electrons. The van der Waals surface area contributed by atoms with Gasteiger partial charge in [-0.3, -0.25) is 4.57 Å². The van der Waals surface area contributed by atoms with Crippen molar-refractivity contribution in [2.75, 3.05) is 0 Å². The Morgan fingerprint density at radius 3 is 1.91 bits per heavy atom. The van der Waals surface area contributed by atoms with Crippen molar-refractivity contribution >= 4 is 65.6 Å². The SMILES string of the molecule is c1ccc2c(c1)-c1cccc3ccc4c(c13)c1c-2cccc1n4-c1nc2ccccc2nc1-c1cccc2oc3ccccc3c12. The van der Waals surface area contributed by atoms with Gasteiger partial charge < -0.3 is 4.42 Å². The van der Waals surface area contributed by atoms with Crippen molar-refractivity contribution in [2.24, 2.45) is 0 Å². The fourth-order valence-electron chi connectivity index (χ4n) is 7.86. The first kappa shape index (κ1) is 24.1. The van der Waals surface area contributed by atoms with E-state index in [2.05, 4.69) is 108 Å². The summed E-state index contributed by atoms with van der Waals surface area (Å²) in [6, 6.07) is 49.3. The van der Waals surface area contributed by atoms with E-state index in [-0.39, 0.29) is 0 Å². The lowest BCUT2D eigenvalue weighted by Crippen LogP contribution is -2.04. The quantitative estimate of drug-likeness (QED) is 0.203. The standard InChI is InChI=1S/C42H23N3O/c1-2-12-26-25(11-1)27-14-7-10-24-22-23-34-40(37(24)27)39-28(26)15-8-19-33(39)45(34)42-41(43-31-17-4-5-18-32(31)44-42)30-16-9-21-36-38(30)29-13-3-6-20-35(29)46-36/h1-23H. The van der Waals surface area contributed by atoms with Crippen LogP contribution in [0.4, 0.5) is 0 Å². The second kappa shape index (κ2) is 8.68. The highest BCUT2D eigenvalue weighted by Gasteiger charge is 2.27. The van der Waals surface area contributed by atoms with Crippen LogP contribution in [0.5, 0.6) is 0 Å². The molecule has 1 aliphatic carbocycles. The van der Waals surface area contributed by atoms with Gasteiger partial charge in [0.2, 0.25) is 0 Å². The average Bonchev–Trinajstić information content (AvgIpc) is 3.63. The predicted molar refractivity (Wildman–Crippen MR) is 189 cm³/mol. The molecule has 10 aromatic rings. The van der Waals surface area contributed by atoms with Crippen LogP contribution in [0.1, 0.15) is 0 Å². The zero-order valence-electron chi connectivity index (χ0n) is 24.5. The molecule has 0 amide bonds. The molecule has 0 unspecified atom stereocenters. The van der Waals surface area contributed by atoms with Crippen LogP contribution in [0.2, 0.25) is 0 Å². The maximum Gasteiger partial charge on any atom is 0.165 e. The lowest BCUT2D eigenvalue weighted by atomic mass is 9.93. The van der Waals surface area contributed by atoms with Crippen LogP contribution in [0.3, 0.4) is 0 Å². The third-order valence-electron chi connectivity index (χ3n) is 9.73. The molecular weight excluding hydrogens is 562 g/mol. The number of furan rings is 1. The smallest absolute Gasteiger partial charge is 0.165 e. The summed E-state index contributed by atoms with van der Waals surface area (Å²) in [5, 5.41) is 7.12. The third kappa shape index (κ3) is 3.03. The Hall–Kier alpha value is -6.26. The van der Waals surface area contributed by atoms with E-state index in [1.54, 1.807) is 0 Å². The molecule has 4 heteroatoms. The van der Waals surface area contributed by atoms with E-state index in [0.29, 0.717) is 0 Å². The molecule has 46 heavy (non-hydrogen) atoms. The van der Waals surface area contributed by atoms with Crippen molar-refractivity contribution in [3.8, 4) is 39.3 Å². The van der Waals surface area contributed by atoms with Crippen molar-refractivity contribution in [2.45, 2.75) is 0 Å². The highest BCUT2D eigenvalue weighted by atomic mass is 16.3. The fraction of sp³-hybridized carbons (Fsp3) is 0. The van der Waals surface area contributed by atoms with Crippen LogP contribution >= 0.6 is 0 Å². The number of hydrogen-bond donors (Lipinski definition) is 0. The van der Waals surface area contributed by atoms with Crippen LogP contribution in [0.15, 0.2) is 144 Å². The number of aromatic nitrogens is 3. The van der Waals surface area contributed by atoms with E-state index in [1.807, 2.05) is 36.4 Å². The minimum absolute atomic E-state index is 0.805. The van der Waals surface area contributed by atoms with Crippen molar-refractivity contribution < 1.29 is 4.42 Å². The number of benzene rings is 7. The number of rotatable bonds is 2. The van der Waals surface area contributed by atoms with Crippen molar-refractivity contribution in [1.82, 2.24) is 14.5 Å². The van der Waals surface area contributed by atoms with Crippen LogP contribution < -0.4 is 0 Å². The lowest BCUT2D eigenvalue weighted by Gasteiger charge is -2.16. The van der Waals surface area contributed by atoms with E-state index in [9.17, 15) is 0 Å². The summed E-state index contributed by atoms with van der Waals surface area (Å²) in [7, 11) is 0. The third-order valence-corrected chi connectivity index (χ3v) is 9.73. The summed E-state index contributed by atoms with van der Waals surface area (Å²) in [4.78, 5) is 10.8. The molecule has 0 spiro atoms. The summed E-state index contributed by atoms with van der Waals surface area (Å²) >= 11 is 0. The molecule has 0 saturated heterocycles. The van der Waals surface area contributed by atoms with Gasteiger partial charge in [-0.15, -0.1) is 0 Å². The molecule has 1 aliphatic rings. The molecule has 0 N–H and O–H groups in total. The summed E-state index contributed by atoms with van der Waals surface area (Å²) in [6.07, 6.45) is 0. The minimum Gasteiger partial charge on any atom is -0.456 e. The number of nitrogens with zero attached hydrogens (tertiary/aromatic N) is 3. The van der Waals surface area contributed by atoms with Gasteiger partial charge in [-0.2, -0.15) is 0 Å². The molecule has 0 aliphatic heterocycles. The van der Waals surface area contributed by atoms with Crippen LogP contribution in [0.25, 0.3) is 105 Å². The zero-order valence-corrected chi connectivity index (χ0v) is 24.5. The summed E-state index contributed by atoms with van der Waals surface area (Å²) in [6.45, 7) is 0. The Kier molecular flexibility index (Phi) is 4.55. The Morgan fingerprint density at radius 2 is 1.04 bits per heavy atom. The zero-order chi connectivity index (χ0) is 29.9. The van der Waals surface area contributed by atoms with E-state index < -0.39 is 0 Å². The lowest BCUT2D eigenvalue weighted by molar-refractivity contribution is 0.669.